The van der Waals surface area contributed by atoms with Crippen LogP contribution in [-0.4, -0.2) is 9.97 Å². The molecule has 0 bridgehead atoms. The van der Waals surface area contributed by atoms with Gasteiger partial charge in [0.05, 0.1) is 25.7 Å². The molecule has 0 saturated heterocycles. The zero-order chi connectivity index (χ0) is 13.6. The maximum Gasteiger partial charge on any atom is 0.323 e. The molecule has 2 aromatic heterocycles. The van der Waals surface area contributed by atoms with E-state index in [4.69, 9.17) is 28.9 Å². The van der Waals surface area contributed by atoms with Crippen LogP contribution in [0, 0.1) is 0 Å². The van der Waals surface area contributed by atoms with Gasteiger partial charge in [0, 0.05) is 5.56 Å². The fraction of sp³-hybridized carbons (Fsp3) is 0.0833. The van der Waals surface area contributed by atoms with Gasteiger partial charge in [-0.15, -0.1) is 11.3 Å². The van der Waals surface area contributed by atoms with Gasteiger partial charge in [-0.3, -0.25) is 0 Å². The van der Waals surface area contributed by atoms with Crippen LogP contribution in [0.4, 0.5) is 0 Å². The van der Waals surface area contributed by atoms with Crippen molar-refractivity contribution in [2.45, 2.75) is 6.04 Å². The second-order valence-electron chi connectivity index (χ2n) is 4.14. The third kappa shape index (κ3) is 2.30. The summed E-state index contributed by atoms with van der Waals surface area (Å²) in [6, 6.07) is 6.89. The highest BCUT2D eigenvalue weighted by atomic mass is 35.5. The summed E-state index contributed by atoms with van der Waals surface area (Å²) in [5, 5.41) is 0. The van der Waals surface area contributed by atoms with Gasteiger partial charge in [-0.25, -0.2) is 4.79 Å². The van der Waals surface area contributed by atoms with Crippen LogP contribution < -0.4 is 11.4 Å². The molecule has 98 valence electrons. The third-order valence-corrected chi connectivity index (χ3v) is 4.44. The van der Waals surface area contributed by atoms with E-state index in [0.29, 0.717) is 8.67 Å². The van der Waals surface area contributed by atoms with Crippen LogP contribution >= 0.6 is 34.5 Å². The van der Waals surface area contributed by atoms with Gasteiger partial charge in [0.2, 0.25) is 0 Å². The molecule has 0 spiro atoms. The van der Waals surface area contributed by atoms with Crippen LogP contribution in [0.25, 0.3) is 11.0 Å². The van der Waals surface area contributed by atoms with Crippen LogP contribution in [0.2, 0.25) is 8.67 Å². The van der Waals surface area contributed by atoms with Gasteiger partial charge in [0.25, 0.3) is 0 Å². The standard InChI is InChI=1S/C12H9Cl2N3OS/c13-9-4-6(11(14)19-9)10(15)5-1-2-7-8(3-5)17-12(18)16-7/h1-4,10H,15H2,(H2,16,17,18). The number of hydrogen-bond acceptors (Lipinski definition) is 3. The van der Waals surface area contributed by atoms with Crippen molar-refractivity contribution in [2.24, 2.45) is 5.73 Å². The Labute approximate surface area is 122 Å². The Bertz CT molecular complexity index is 805. The lowest BCUT2D eigenvalue weighted by atomic mass is 10.0. The second kappa shape index (κ2) is 4.68. The molecule has 7 heteroatoms. The van der Waals surface area contributed by atoms with E-state index in [-0.39, 0.29) is 11.7 Å². The zero-order valence-corrected chi connectivity index (χ0v) is 11.9. The highest BCUT2D eigenvalue weighted by molar-refractivity contribution is 7.20. The lowest BCUT2D eigenvalue weighted by Crippen LogP contribution is -2.11. The molecule has 0 aliphatic heterocycles. The number of fused-ring (bicyclic) bond motifs is 1. The molecule has 0 aliphatic carbocycles. The molecule has 2 heterocycles. The van der Waals surface area contributed by atoms with E-state index < -0.39 is 0 Å². The quantitative estimate of drug-likeness (QED) is 0.679. The van der Waals surface area contributed by atoms with E-state index in [1.54, 1.807) is 6.07 Å². The lowest BCUT2D eigenvalue weighted by Gasteiger charge is -2.11. The number of aromatic amines is 2. The molecule has 1 atom stereocenters. The van der Waals surface area contributed by atoms with Gasteiger partial charge in [-0.1, -0.05) is 29.3 Å². The minimum Gasteiger partial charge on any atom is -0.320 e. The largest absolute Gasteiger partial charge is 0.323 e. The Balaban J connectivity index is 2.08. The summed E-state index contributed by atoms with van der Waals surface area (Å²) in [5.41, 5.74) is 9.06. The van der Waals surface area contributed by atoms with Crippen LogP contribution in [0.15, 0.2) is 29.1 Å². The van der Waals surface area contributed by atoms with Gasteiger partial charge in [0.15, 0.2) is 0 Å². The molecule has 1 unspecified atom stereocenters. The minimum absolute atomic E-state index is 0.239. The monoisotopic (exact) mass is 313 g/mol. The van der Waals surface area contributed by atoms with Crippen LogP contribution in [-0.2, 0) is 0 Å². The van der Waals surface area contributed by atoms with Crippen molar-refractivity contribution in [2.75, 3.05) is 0 Å². The molecule has 0 saturated carbocycles. The number of halogens is 2. The molecule has 0 aliphatic rings. The average molecular weight is 314 g/mol. The predicted molar refractivity (Wildman–Crippen MR) is 79.3 cm³/mol. The minimum atomic E-state index is -0.376. The molecular formula is C12H9Cl2N3OS. The van der Waals surface area contributed by atoms with Gasteiger partial charge < -0.3 is 15.7 Å². The summed E-state index contributed by atoms with van der Waals surface area (Å²) in [6.45, 7) is 0. The number of benzene rings is 1. The average Bonchev–Trinajstić information content (AvgIpc) is 2.88. The molecule has 0 fully saturated rings. The van der Waals surface area contributed by atoms with Gasteiger partial charge in [-0.05, 0) is 23.8 Å². The first-order valence-corrected chi connectivity index (χ1v) is 7.04. The molecule has 3 aromatic rings. The van der Waals surface area contributed by atoms with Crippen molar-refractivity contribution in [3.8, 4) is 0 Å². The number of nitrogens with two attached hydrogens (primary N) is 1. The number of H-pyrrole nitrogens is 2. The normalized spacial score (nSPS) is 13.0. The summed E-state index contributed by atoms with van der Waals surface area (Å²) >= 11 is 13.3. The fourth-order valence-electron chi connectivity index (χ4n) is 1.99. The molecular weight excluding hydrogens is 305 g/mol. The lowest BCUT2D eigenvalue weighted by molar-refractivity contribution is 0.879. The maximum atomic E-state index is 11.2. The summed E-state index contributed by atoms with van der Waals surface area (Å²) < 4.78 is 1.19. The number of thiophene rings is 1. The topological polar surface area (TPSA) is 74.7 Å². The van der Waals surface area contributed by atoms with E-state index in [1.165, 1.54) is 11.3 Å². The summed E-state index contributed by atoms with van der Waals surface area (Å²) in [6.07, 6.45) is 0. The smallest absolute Gasteiger partial charge is 0.320 e. The molecule has 0 amide bonds. The van der Waals surface area contributed by atoms with Gasteiger partial charge >= 0.3 is 5.69 Å². The molecule has 0 radical (unpaired) electrons. The van der Waals surface area contributed by atoms with Crippen LogP contribution in [0.5, 0.6) is 0 Å². The van der Waals surface area contributed by atoms with Gasteiger partial charge in [0.1, 0.15) is 0 Å². The molecule has 3 rings (SSSR count). The maximum absolute atomic E-state index is 11.2. The Morgan fingerprint density at radius 3 is 2.58 bits per heavy atom. The second-order valence-corrected chi connectivity index (χ2v) is 6.43. The van der Waals surface area contributed by atoms with Crippen molar-refractivity contribution in [1.82, 2.24) is 9.97 Å². The summed E-state index contributed by atoms with van der Waals surface area (Å²) in [4.78, 5) is 16.6. The first-order valence-electron chi connectivity index (χ1n) is 5.47. The van der Waals surface area contributed by atoms with Crippen molar-refractivity contribution >= 4 is 45.6 Å². The van der Waals surface area contributed by atoms with E-state index in [0.717, 1.165) is 22.2 Å². The predicted octanol–water partition coefficient (Wildman–Crippen LogP) is 3.27. The fourth-order valence-corrected chi connectivity index (χ4v) is 3.54. The molecule has 19 heavy (non-hydrogen) atoms. The summed E-state index contributed by atoms with van der Waals surface area (Å²) in [7, 11) is 0. The molecule has 1 aromatic carbocycles. The Hall–Kier alpha value is -1.27. The SMILES string of the molecule is NC(c1ccc2[nH]c(=O)[nH]c2c1)c1cc(Cl)sc1Cl. The number of aromatic nitrogens is 2. The van der Waals surface area contributed by atoms with E-state index in [9.17, 15) is 4.79 Å². The van der Waals surface area contributed by atoms with E-state index in [2.05, 4.69) is 9.97 Å². The van der Waals surface area contributed by atoms with Crippen LogP contribution in [0.3, 0.4) is 0 Å². The molecule has 4 N–H and O–H groups in total. The Morgan fingerprint density at radius 2 is 1.89 bits per heavy atom. The van der Waals surface area contributed by atoms with E-state index in [1.807, 2.05) is 18.2 Å². The van der Waals surface area contributed by atoms with Gasteiger partial charge in [-0.2, -0.15) is 0 Å². The third-order valence-electron chi connectivity index (χ3n) is 2.92. The highest BCUT2D eigenvalue weighted by Gasteiger charge is 2.16. The van der Waals surface area contributed by atoms with Crippen molar-refractivity contribution in [3.05, 3.63) is 54.5 Å². The molecule has 4 nitrogen and oxygen atoms in total. The number of rotatable bonds is 2. The van der Waals surface area contributed by atoms with E-state index >= 15 is 0 Å². The number of nitrogens with one attached hydrogen (secondary N) is 2. The summed E-state index contributed by atoms with van der Waals surface area (Å²) in [5.74, 6) is 0. The zero-order valence-electron chi connectivity index (χ0n) is 9.54. The number of hydrogen-bond donors (Lipinski definition) is 3. The number of imidazole rings is 1. The van der Waals surface area contributed by atoms with Crippen LogP contribution in [0.1, 0.15) is 17.2 Å². The Morgan fingerprint density at radius 1 is 1.16 bits per heavy atom. The van der Waals surface area contributed by atoms with Crippen molar-refractivity contribution in [3.63, 3.8) is 0 Å². The van der Waals surface area contributed by atoms with Crippen molar-refractivity contribution < 1.29 is 0 Å². The first-order chi connectivity index (χ1) is 9.04. The Kier molecular flexibility index (Phi) is 3.14. The highest BCUT2D eigenvalue weighted by Crippen LogP contribution is 2.36. The van der Waals surface area contributed by atoms with Crippen molar-refractivity contribution in [1.29, 1.82) is 0 Å². The first kappa shape index (κ1) is 12.7.